The Morgan fingerprint density at radius 2 is 1.50 bits per heavy atom. The van der Waals surface area contributed by atoms with Crippen LogP contribution in [0, 0.1) is 0 Å². The van der Waals surface area contributed by atoms with Crippen LogP contribution in [-0.2, 0) is 5.60 Å². The molecule has 0 saturated heterocycles. The van der Waals surface area contributed by atoms with E-state index in [9.17, 15) is 5.11 Å². The molecule has 2 heteroatoms. The minimum atomic E-state index is -0.843. The van der Waals surface area contributed by atoms with E-state index in [4.69, 9.17) is 5.73 Å². The van der Waals surface area contributed by atoms with Crippen LogP contribution in [0.5, 0.6) is 0 Å². The molecule has 2 nitrogen and oxygen atoms in total. The molecular formula is C16H19NO. The van der Waals surface area contributed by atoms with Gasteiger partial charge in [0, 0.05) is 0 Å². The van der Waals surface area contributed by atoms with Gasteiger partial charge in [-0.15, -0.1) is 0 Å². The number of rotatable bonds is 4. The number of benzene rings is 2. The van der Waals surface area contributed by atoms with Crippen molar-refractivity contribution >= 4 is 0 Å². The summed E-state index contributed by atoms with van der Waals surface area (Å²) >= 11 is 0. The number of aliphatic hydroxyl groups is 1. The number of nitrogens with two attached hydrogens (primary N) is 1. The SMILES string of the molecule is CC(O)(CCN)c1ccc(-c2ccccc2)cc1. The molecule has 0 amide bonds. The van der Waals surface area contributed by atoms with E-state index >= 15 is 0 Å². The van der Waals surface area contributed by atoms with Gasteiger partial charge in [-0.2, -0.15) is 0 Å². The number of hydrogen-bond donors (Lipinski definition) is 2. The Kier molecular flexibility index (Phi) is 3.80. The Morgan fingerprint density at radius 3 is 2.06 bits per heavy atom. The van der Waals surface area contributed by atoms with Crippen LogP contribution in [0.1, 0.15) is 18.9 Å². The van der Waals surface area contributed by atoms with E-state index < -0.39 is 5.60 Å². The molecular weight excluding hydrogens is 222 g/mol. The van der Waals surface area contributed by atoms with E-state index in [1.807, 2.05) is 42.5 Å². The molecule has 0 aromatic heterocycles. The van der Waals surface area contributed by atoms with Gasteiger partial charge in [0.2, 0.25) is 0 Å². The molecule has 1 unspecified atom stereocenters. The van der Waals surface area contributed by atoms with E-state index in [2.05, 4.69) is 12.1 Å². The maximum absolute atomic E-state index is 10.3. The van der Waals surface area contributed by atoms with Crippen LogP contribution in [0.15, 0.2) is 54.6 Å². The van der Waals surface area contributed by atoms with Crippen LogP contribution in [0.4, 0.5) is 0 Å². The summed E-state index contributed by atoms with van der Waals surface area (Å²) in [7, 11) is 0. The van der Waals surface area contributed by atoms with Crippen LogP contribution in [0.3, 0.4) is 0 Å². The van der Waals surface area contributed by atoms with Crippen molar-refractivity contribution in [2.75, 3.05) is 6.54 Å². The lowest BCUT2D eigenvalue weighted by Gasteiger charge is -2.23. The van der Waals surface area contributed by atoms with Crippen molar-refractivity contribution in [1.82, 2.24) is 0 Å². The lowest BCUT2D eigenvalue weighted by Crippen LogP contribution is -2.24. The van der Waals surface area contributed by atoms with Gasteiger partial charge >= 0.3 is 0 Å². The number of hydrogen-bond acceptors (Lipinski definition) is 2. The maximum atomic E-state index is 10.3. The van der Waals surface area contributed by atoms with E-state index in [0.717, 1.165) is 11.1 Å². The quantitative estimate of drug-likeness (QED) is 0.864. The molecule has 0 spiro atoms. The molecule has 94 valence electrons. The van der Waals surface area contributed by atoms with Crippen LogP contribution in [0.2, 0.25) is 0 Å². The highest BCUT2D eigenvalue weighted by Gasteiger charge is 2.21. The lowest BCUT2D eigenvalue weighted by molar-refractivity contribution is 0.0504. The molecule has 0 fully saturated rings. The second-order valence-corrected chi connectivity index (χ2v) is 4.76. The summed E-state index contributed by atoms with van der Waals surface area (Å²) in [5.74, 6) is 0. The fourth-order valence-corrected chi connectivity index (χ4v) is 2.08. The average molecular weight is 241 g/mol. The highest BCUT2D eigenvalue weighted by Crippen LogP contribution is 2.26. The summed E-state index contributed by atoms with van der Waals surface area (Å²) < 4.78 is 0. The van der Waals surface area contributed by atoms with Crippen LogP contribution < -0.4 is 5.73 Å². The predicted octanol–water partition coefficient (Wildman–Crippen LogP) is 2.91. The largest absolute Gasteiger partial charge is 0.385 e. The molecule has 0 radical (unpaired) electrons. The molecule has 18 heavy (non-hydrogen) atoms. The lowest BCUT2D eigenvalue weighted by atomic mass is 9.91. The Bertz CT molecular complexity index is 488. The second-order valence-electron chi connectivity index (χ2n) is 4.76. The zero-order chi connectivity index (χ0) is 13.0. The first-order chi connectivity index (χ1) is 8.63. The zero-order valence-electron chi connectivity index (χ0n) is 10.6. The summed E-state index contributed by atoms with van der Waals surface area (Å²) in [6, 6.07) is 18.2. The van der Waals surface area contributed by atoms with Crippen molar-refractivity contribution in [3.05, 3.63) is 60.2 Å². The standard InChI is InChI=1S/C16H19NO/c1-16(18,11-12-17)15-9-7-14(8-10-15)13-5-3-2-4-6-13/h2-10,18H,11-12,17H2,1H3. The second kappa shape index (κ2) is 5.34. The van der Waals surface area contributed by atoms with E-state index in [0.29, 0.717) is 13.0 Å². The van der Waals surface area contributed by atoms with Crippen molar-refractivity contribution in [1.29, 1.82) is 0 Å². The van der Waals surface area contributed by atoms with Crippen molar-refractivity contribution in [3.63, 3.8) is 0 Å². The van der Waals surface area contributed by atoms with Gasteiger partial charge in [-0.25, -0.2) is 0 Å². The monoisotopic (exact) mass is 241 g/mol. The third-order valence-corrected chi connectivity index (χ3v) is 3.25. The Balaban J connectivity index is 2.26. The normalized spacial score (nSPS) is 14.2. The minimum absolute atomic E-state index is 0.480. The van der Waals surface area contributed by atoms with E-state index in [1.165, 1.54) is 5.56 Å². The minimum Gasteiger partial charge on any atom is -0.385 e. The molecule has 3 N–H and O–H groups in total. The smallest absolute Gasteiger partial charge is 0.0880 e. The first kappa shape index (κ1) is 12.8. The van der Waals surface area contributed by atoms with Gasteiger partial charge < -0.3 is 10.8 Å². The third kappa shape index (κ3) is 2.78. The molecule has 2 rings (SSSR count). The topological polar surface area (TPSA) is 46.2 Å². The molecule has 0 heterocycles. The van der Waals surface area contributed by atoms with E-state index in [-0.39, 0.29) is 0 Å². The predicted molar refractivity (Wildman–Crippen MR) is 75.1 cm³/mol. The first-order valence-electron chi connectivity index (χ1n) is 6.22. The van der Waals surface area contributed by atoms with Gasteiger partial charge in [0.25, 0.3) is 0 Å². The van der Waals surface area contributed by atoms with Crippen molar-refractivity contribution in [3.8, 4) is 11.1 Å². The first-order valence-corrected chi connectivity index (χ1v) is 6.22. The average Bonchev–Trinajstić information content (AvgIpc) is 2.40. The molecule has 0 aliphatic heterocycles. The Morgan fingerprint density at radius 1 is 0.944 bits per heavy atom. The molecule has 0 aliphatic rings. The Labute approximate surface area is 108 Å². The van der Waals surface area contributed by atoms with Gasteiger partial charge in [0.1, 0.15) is 0 Å². The molecule has 0 aliphatic carbocycles. The fraction of sp³-hybridized carbons (Fsp3) is 0.250. The van der Waals surface area contributed by atoms with Gasteiger partial charge in [0.05, 0.1) is 5.60 Å². The van der Waals surface area contributed by atoms with Crippen molar-refractivity contribution in [2.45, 2.75) is 18.9 Å². The molecule has 1 atom stereocenters. The summed E-state index contributed by atoms with van der Waals surface area (Å²) in [6.45, 7) is 2.28. The fourth-order valence-electron chi connectivity index (χ4n) is 2.08. The summed E-state index contributed by atoms with van der Waals surface area (Å²) in [5.41, 5.74) is 7.92. The summed E-state index contributed by atoms with van der Waals surface area (Å²) in [5, 5.41) is 10.3. The van der Waals surface area contributed by atoms with Crippen molar-refractivity contribution in [2.24, 2.45) is 5.73 Å². The van der Waals surface area contributed by atoms with Crippen LogP contribution >= 0.6 is 0 Å². The van der Waals surface area contributed by atoms with Crippen molar-refractivity contribution < 1.29 is 5.11 Å². The highest BCUT2D eigenvalue weighted by molar-refractivity contribution is 5.63. The molecule has 2 aromatic carbocycles. The van der Waals surface area contributed by atoms with Gasteiger partial charge in [-0.1, -0.05) is 54.6 Å². The highest BCUT2D eigenvalue weighted by atomic mass is 16.3. The molecule has 0 bridgehead atoms. The third-order valence-electron chi connectivity index (χ3n) is 3.25. The van der Waals surface area contributed by atoms with Crippen LogP contribution in [0.25, 0.3) is 11.1 Å². The maximum Gasteiger partial charge on any atom is 0.0880 e. The Hall–Kier alpha value is -1.64. The van der Waals surface area contributed by atoms with Gasteiger partial charge in [0.15, 0.2) is 0 Å². The summed E-state index contributed by atoms with van der Waals surface area (Å²) in [6.07, 6.45) is 0.567. The van der Waals surface area contributed by atoms with Crippen LogP contribution in [-0.4, -0.2) is 11.7 Å². The summed E-state index contributed by atoms with van der Waals surface area (Å²) in [4.78, 5) is 0. The van der Waals surface area contributed by atoms with Gasteiger partial charge in [-0.3, -0.25) is 0 Å². The zero-order valence-corrected chi connectivity index (χ0v) is 10.6. The van der Waals surface area contributed by atoms with E-state index in [1.54, 1.807) is 6.92 Å². The molecule has 0 saturated carbocycles. The van der Waals surface area contributed by atoms with Gasteiger partial charge in [-0.05, 0) is 36.6 Å². The molecule has 2 aromatic rings.